The summed E-state index contributed by atoms with van der Waals surface area (Å²) < 4.78 is 15.2. The number of nitrogens with one attached hydrogen (secondary N) is 1. The summed E-state index contributed by atoms with van der Waals surface area (Å²) >= 11 is 0. The Morgan fingerprint density at radius 2 is 1.70 bits per heavy atom. The SMILES string of the molecule is CCN(Cc1ccccc1)C(c1cc2c(C)ccc(C)c2[nH]c1=O)c1nnnn1Cc1ccc(F)cc1. The van der Waals surface area contributed by atoms with E-state index in [1.807, 2.05) is 44.2 Å². The molecule has 5 rings (SSSR count). The molecule has 1 N–H and O–H groups in total. The maximum absolute atomic E-state index is 13.6. The Bertz CT molecular complexity index is 1580. The van der Waals surface area contributed by atoms with E-state index in [0.717, 1.165) is 33.2 Å². The fraction of sp³-hybridized carbons (Fsp3) is 0.241. The largest absolute Gasteiger partial charge is 0.321 e. The molecule has 0 spiro atoms. The Hall–Kier alpha value is -4.17. The lowest BCUT2D eigenvalue weighted by Gasteiger charge is -2.30. The molecule has 0 radical (unpaired) electrons. The van der Waals surface area contributed by atoms with Crippen LogP contribution in [0.3, 0.4) is 0 Å². The summed E-state index contributed by atoms with van der Waals surface area (Å²) in [7, 11) is 0. The van der Waals surface area contributed by atoms with Crippen LogP contribution in [0.25, 0.3) is 10.9 Å². The van der Waals surface area contributed by atoms with Crippen LogP contribution < -0.4 is 5.56 Å². The minimum atomic E-state index is -0.506. The molecule has 2 heterocycles. The number of fused-ring (bicyclic) bond motifs is 1. The molecule has 0 aliphatic heterocycles. The summed E-state index contributed by atoms with van der Waals surface area (Å²) in [4.78, 5) is 18.9. The van der Waals surface area contributed by atoms with Crippen molar-refractivity contribution < 1.29 is 4.39 Å². The molecule has 2 aromatic heterocycles. The van der Waals surface area contributed by atoms with Gasteiger partial charge in [0.15, 0.2) is 5.82 Å². The molecule has 0 saturated heterocycles. The Morgan fingerprint density at radius 1 is 0.973 bits per heavy atom. The number of nitrogens with zero attached hydrogens (tertiary/aromatic N) is 5. The zero-order chi connectivity index (χ0) is 25.9. The van der Waals surface area contributed by atoms with Crippen LogP contribution >= 0.6 is 0 Å². The Kier molecular flexibility index (Phi) is 6.92. The molecule has 7 nitrogen and oxygen atoms in total. The predicted octanol–water partition coefficient (Wildman–Crippen LogP) is 4.93. The van der Waals surface area contributed by atoms with E-state index >= 15 is 0 Å². The number of aromatic nitrogens is 5. The third-order valence-corrected chi connectivity index (χ3v) is 6.82. The van der Waals surface area contributed by atoms with Crippen molar-refractivity contribution in [2.45, 2.75) is 39.9 Å². The number of aryl methyl sites for hydroxylation is 2. The smallest absolute Gasteiger partial charge is 0.253 e. The lowest BCUT2D eigenvalue weighted by atomic mass is 9.99. The number of hydrogen-bond donors (Lipinski definition) is 1. The third kappa shape index (κ3) is 5.06. The van der Waals surface area contributed by atoms with Crippen molar-refractivity contribution in [2.24, 2.45) is 0 Å². The Labute approximate surface area is 214 Å². The van der Waals surface area contributed by atoms with Gasteiger partial charge >= 0.3 is 0 Å². The molecule has 0 saturated carbocycles. The van der Waals surface area contributed by atoms with Gasteiger partial charge in [0, 0.05) is 17.5 Å². The van der Waals surface area contributed by atoms with Gasteiger partial charge in [-0.3, -0.25) is 9.69 Å². The van der Waals surface area contributed by atoms with Crippen molar-refractivity contribution in [1.29, 1.82) is 0 Å². The molecule has 37 heavy (non-hydrogen) atoms. The molecular formula is C29H29FN6O. The number of benzene rings is 3. The fourth-order valence-corrected chi connectivity index (χ4v) is 4.78. The minimum absolute atomic E-state index is 0.172. The number of halogens is 1. The number of tetrazole rings is 1. The second-order valence-corrected chi connectivity index (χ2v) is 9.31. The van der Waals surface area contributed by atoms with Crippen LogP contribution in [0.4, 0.5) is 4.39 Å². The monoisotopic (exact) mass is 496 g/mol. The van der Waals surface area contributed by atoms with Gasteiger partial charge in [-0.2, -0.15) is 0 Å². The van der Waals surface area contributed by atoms with E-state index in [-0.39, 0.29) is 11.4 Å². The number of aromatic amines is 1. The van der Waals surface area contributed by atoms with Crippen molar-refractivity contribution in [3.8, 4) is 0 Å². The van der Waals surface area contributed by atoms with E-state index in [9.17, 15) is 9.18 Å². The maximum atomic E-state index is 13.6. The van der Waals surface area contributed by atoms with Crippen LogP contribution in [0.15, 0.2) is 77.6 Å². The Morgan fingerprint density at radius 3 is 2.43 bits per heavy atom. The van der Waals surface area contributed by atoms with Gasteiger partial charge in [-0.1, -0.05) is 61.5 Å². The van der Waals surface area contributed by atoms with Gasteiger partial charge in [-0.25, -0.2) is 9.07 Å². The standard InChI is InChI=1S/C29H29FN6O/c1-4-35(17-21-8-6-5-7-9-21)27(25-16-24-19(2)10-11-20(3)26(24)31-29(25)37)28-32-33-34-36(28)18-22-12-14-23(30)15-13-22/h5-16,27H,4,17-18H2,1-3H3,(H,31,37). The summed E-state index contributed by atoms with van der Waals surface area (Å²) in [6.07, 6.45) is 0. The summed E-state index contributed by atoms with van der Waals surface area (Å²) in [5.74, 6) is 0.254. The molecule has 5 aromatic rings. The zero-order valence-electron chi connectivity index (χ0n) is 21.1. The van der Waals surface area contributed by atoms with Gasteiger partial charge in [-0.05, 0) is 71.3 Å². The first-order chi connectivity index (χ1) is 17.9. The van der Waals surface area contributed by atoms with Crippen molar-refractivity contribution in [3.63, 3.8) is 0 Å². The van der Waals surface area contributed by atoms with Gasteiger partial charge in [0.05, 0.1) is 12.1 Å². The van der Waals surface area contributed by atoms with E-state index in [2.05, 4.69) is 50.5 Å². The average molecular weight is 497 g/mol. The first-order valence-electron chi connectivity index (χ1n) is 12.4. The third-order valence-electron chi connectivity index (χ3n) is 6.82. The average Bonchev–Trinajstić information content (AvgIpc) is 3.36. The van der Waals surface area contributed by atoms with Crippen molar-refractivity contribution in [2.75, 3.05) is 6.54 Å². The molecule has 3 aromatic carbocycles. The van der Waals surface area contributed by atoms with Crippen LogP contribution in [0, 0.1) is 19.7 Å². The minimum Gasteiger partial charge on any atom is -0.321 e. The molecule has 1 unspecified atom stereocenters. The van der Waals surface area contributed by atoms with Gasteiger partial charge in [0.25, 0.3) is 5.56 Å². The summed E-state index contributed by atoms with van der Waals surface area (Å²) in [6, 6.07) is 22.0. The van der Waals surface area contributed by atoms with Crippen LogP contribution in [0.2, 0.25) is 0 Å². The highest BCUT2D eigenvalue weighted by Gasteiger charge is 2.30. The van der Waals surface area contributed by atoms with Crippen LogP contribution in [0.1, 0.15) is 46.6 Å². The lowest BCUT2D eigenvalue weighted by molar-refractivity contribution is 0.214. The zero-order valence-corrected chi connectivity index (χ0v) is 21.1. The van der Waals surface area contributed by atoms with Crippen LogP contribution in [-0.2, 0) is 13.1 Å². The second kappa shape index (κ2) is 10.4. The molecular weight excluding hydrogens is 467 g/mol. The molecule has 0 amide bonds. The topological polar surface area (TPSA) is 79.7 Å². The first kappa shape index (κ1) is 24.5. The predicted molar refractivity (Wildman–Crippen MR) is 142 cm³/mol. The summed E-state index contributed by atoms with van der Waals surface area (Å²) in [5.41, 5.74) is 5.31. The molecule has 0 aliphatic carbocycles. The summed E-state index contributed by atoms with van der Waals surface area (Å²) in [6.45, 7) is 7.72. The number of rotatable bonds is 8. The molecule has 0 fully saturated rings. The lowest BCUT2D eigenvalue weighted by Crippen LogP contribution is -2.35. The fourth-order valence-electron chi connectivity index (χ4n) is 4.78. The van der Waals surface area contributed by atoms with Gasteiger partial charge in [0.2, 0.25) is 0 Å². The maximum Gasteiger partial charge on any atom is 0.253 e. The van der Waals surface area contributed by atoms with E-state index in [1.54, 1.807) is 16.8 Å². The highest BCUT2D eigenvalue weighted by molar-refractivity contribution is 5.85. The van der Waals surface area contributed by atoms with Crippen molar-refractivity contribution in [1.82, 2.24) is 30.1 Å². The van der Waals surface area contributed by atoms with E-state index in [1.165, 1.54) is 12.1 Å². The highest BCUT2D eigenvalue weighted by atomic mass is 19.1. The Balaban J connectivity index is 1.66. The van der Waals surface area contributed by atoms with E-state index < -0.39 is 6.04 Å². The van der Waals surface area contributed by atoms with Crippen molar-refractivity contribution in [3.05, 3.63) is 123 Å². The summed E-state index contributed by atoms with van der Waals surface area (Å²) in [5, 5.41) is 13.6. The van der Waals surface area contributed by atoms with Crippen molar-refractivity contribution >= 4 is 10.9 Å². The van der Waals surface area contributed by atoms with Gasteiger partial charge in [-0.15, -0.1) is 5.10 Å². The second-order valence-electron chi connectivity index (χ2n) is 9.31. The molecule has 0 aliphatic rings. The normalized spacial score (nSPS) is 12.4. The molecule has 1 atom stereocenters. The van der Waals surface area contributed by atoms with Crippen LogP contribution in [0.5, 0.6) is 0 Å². The number of H-pyrrole nitrogens is 1. The highest BCUT2D eigenvalue weighted by Crippen LogP contribution is 2.30. The number of hydrogen-bond acceptors (Lipinski definition) is 5. The quantitative estimate of drug-likeness (QED) is 0.330. The molecule has 8 heteroatoms. The van der Waals surface area contributed by atoms with Gasteiger partial charge in [0.1, 0.15) is 11.9 Å². The molecule has 188 valence electrons. The van der Waals surface area contributed by atoms with Crippen LogP contribution in [-0.4, -0.2) is 36.6 Å². The number of pyridine rings is 1. The first-order valence-corrected chi connectivity index (χ1v) is 12.4. The van der Waals surface area contributed by atoms with E-state index in [0.29, 0.717) is 31.0 Å². The molecule has 0 bridgehead atoms. The van der Waals surface area contributed by atoms with E-state index in [4.69, 9.17) is 0 Å². The van der Waals surface area contributed by atoms with Gasteiger partial charge < -0.3 is 4.98 Å².